The molecule has 0 spiro atoms. The third-order valence-corrected chi connectivity index (χ3v) is 4.70. The lowest BCUT2D eigenvalue weighted by Gasteiger charge is -2.22. The lowest BCUT2D eigenvalue weighted by Crippen LogP contribution is -2.28. The van der Waals surface area contributed by atoms with Crippen LogP contribution >= 0.6 is 0 Å². The zero-order valence-corrected chi connectivity index (χ0v) is 17.4. The Morgan fingerprint density at radius 2 is 2.03 bits per heavy atom. The van der Waals surface area contributed by atoms with Crippen molar-refractivity contribution in [3.8, 4) is 0 Å². The van der Waals surface area contributed by atoms with E-state index in [9.17, 15) is 31.9 Å². The Labute approximate surface area is 181 Å². The van der Waals surface area contributed by atoms with E-state index >= 15 is 0 Å². The Morgan fingerprint density at radius 3 is 2.66 bits per heavy atom. The molecule has 0 bridgehead atoms. The van der Waals surface area contributed by atoms with Gasteiger partial charge in [0, 0.05) is 25.0 Å². The maximum Gasteiger partial charge on any atom is 0.390 e. The number of aliphatic hydroxyl groups is 1. The number of carbonyl (C=O) groups excluding carboxylic acids is 1. The molecule has 3 N–H and O–H groups in total. The van der Waals surface area contributed by atoms with E-state index in [1.165, 1.54) is 0 Å². The number of nitrogens with one attached hydrogen (secondary N) is 2. The second kappa shape index (κ2) is 12.0. The van der Waals surface area contributed by atoms with E-state index in [0.29, 0.717) is 25.7 Å². The average molecular weight is 467 g/mol. The first-order chi connectivity index (χ1) is 15.0. The van der Waals surface area contributed by atoms with Crippen molar-refractivity contribution in [3.63, 3.8) is 0 Å². The summed E-state index contributed by atoms with van der Waals surface area (Å²) < 4.78 is 65.6. The Hall–Kier alpha value is -2.41. The normalized spacial score (nSPS) is 20.5. The molecule has 32 heavy (non-hydrogen) atoms. The van der Waals surface area contributed by atoms with E-state index in [2.05, 4.69) is 30.3 Å². The van der Waals surface area contributed by atoms with Gasteiger partial charge < -0.3 is 20.5 Å². The first kappa shape index (κ1) is 25.8. The van der Waals surface area contributed by atoms with Crippen LogP contribution in [0, 0.1) is 5.92 Å². The zero-order chi connectivity index (χ0) is 23.7. The molecule has 8 nitrogen and oxygen atoms in total. The maximum atomic E-state index is 12.4. The highest BCUT2D eigenvalue weighted by Gasteiger charge is 2.27. The van der Waals surface area contributed by atoms with Crippen molar-refractivity contribution in [2.75, 3.05) is 18.5 Å². The fourth-order valence-electron chi connectivity index (χ4n) is 3.02. The molecule has 0 aromatic carbocycles. The highest BCUT2D eigenvalue weighted by atomic mass is 19.4. The minimum atomic E-state index is -4.42. The lowest BCUT2D eigenvalue weighted by molar-refractivity contribution is -0.133. The van der Waals surface area contributed by atoms with Gasteiger partial charge in [0.2, 0.25) is 5.95 Å². The SMILES string of the molecule is C[C@@H](COC(F)F)Nc1ncc(C(=O)NCCC(F)(F)F)c(/N=C\C2CCC(O)CC2)n1. The molecule has 1 aromatic heterocycles. The Morgan fingerprint density at radius 1 is 1.34 bits per heavy atom. The molecule has 0 saturated heterocycles. The standard InChI is InChI=1S/C19H26F5N5O3/c1-11(10-32-17(20)21)28-18-27-9-14(16(31)25-7-6-19(22,23)24)15(29-18)26-8-12-2-4-13(30)5-3-12/h8-9,11-13,17,30H,2-7,10H2,1H3,(H,25,31)(H,27,28,29)/b26-8-/t11-,12?,13?/m0/s1. The number of hydrogen-bond acceptors (Lipinski definition) is 7. The summed E-state index contributed by atoms with van der Waals surface area (Å²) in [5.74, 6) is -0.848. The molecule has 2 rings (SSSR count). The first-order valence-corrected chi connectivity index (χ1v) is 10.1. The van der Waals surface area contributed by atoms with Crippen LogP contribution in [0.2, 0.25) is 0 Å². The third kappa shape index (κ3) is 9.39. The van der Waals surface area contributed by atoms with Gasteiger partial charge in [-0.2, -0.15) is 26.9 Å². The van der Waals surface area contributed by atoms with Crippen LogP contribution in [0.5, 0.6) is 0 Å². The number of alkyl halides is 5. The molecule has 1 aliphatic rings. The maximum absolute atomic E-state index is 12.4. The molecule has 0 aliphatic heterocycles. The van der Waals surface area contributed by atoms with E-state index in [0.717, 1.165) is 6.20 Å². The molecule has 1 saturated carbocycles. The van der Waals surface area contributed by atoms with Gasteiger partial charge in [-0.25, -0.2) is 9.98 Å². The van der Waals surface area contributed by atoms with Gasteiger partial charge in [-0.05, 0) is 38.5 Å². The van der Waals surface area contributed by atoms with E-state index < -0.39 is 37.7 Å². The van der Waals surface area contributed by atoms with Crippen LogP contribution in [0.4, 0.5) is 33.7 Å². The van der Waals surface area contributed by atoms with Gasteiger partial charge >= 0.3 is 12.8 Å². The fourth-order valence-corrected chi connectivity index (χ4v) is 3.02. The summed E-state index contributed by atoms with van der Waals surface area (Å²) in [7, 11) is 0. The predicted molar refractivity (Wildman–Crippen MR) is 106 cm³/mol. The molecule has 1 aromatic rings. The highest BCUT2D eigenvalue weighted by Crippen LogP contribution is 2.25. The van der Waals surface area contributed by atoms with Gasteiger partial charge in [0.05, 0.1) is 19.1 Å². The monoisotopic (exact) mass is 467 g/mol. The molecule has 0 unspecified atom stereocenters. The van der Waals surface area contributed by atoms with Crippen LogP contribution in [-0.2, 0) is 4.74 Å². The second-order valence-corrected chi connectivity index (χ2v) is 7.54. The number of aliphatic hydroxyl groups excluding tert-OH is 1. The summed E-state index contributed by atoms with van der Waals surface area (Å²) in [5.41, 5.74) is -0.124. The topological polar surface area (TPSA) is 109 Å². The molecule has 1 fully saturated rings. The Kier molecular flexibility index (Phi) is 9.69. The van der Waals surface area contributed by atoms with Crippen molar-refractivity contribution in [1.82, 2.24) is 15.3 Å². The number of hydrogen-bond donors (Lipinski definition) is 3. The minimum Gasteiger partial charge on any atom is -0.393 e. The number of carbonyl (C=O) groups is 1. The van der Waals surface area contributed by atoms with Crippen molar-refractivity contribution in [2.24, 2.45) is 10.9 Å². The number of nitrogens with zero attached hydrogens (tertiary/aromatic N) is 3. The summed E-state index contributed by atoms with van der Waals surface area (Å²) in [4.78, 5) is 24.7. The van der Waals surface area contributed by atoms with Crippen LogP contribution in [-0.4, -0.2) is 65.3 Å². The van der Waals surface area contributed by atoms with Crippen LogP contribution in [0.25, 0.3) is 0 Å². The van der Waals surface area contributed by atoms with Crippen molar-refractivity contribution in [3.05, 3.63) is 11.8 Å². The number of rotatable bonds is 10. The molecule has 1 heterocycles. The Balaban J connectivity index is 2.14. The fraction of sp³-hybridized carbons (Fsp3) is 0.684. The quantitative estimate of drug-likeness (QED) is 0.359. The number of ether oxygens (including phenoxy) is 1. The molecule has 13 heteroatoms. The van der Waals surface area contributed by atoms with E-state index in [1.54, 1.807) is 13.1 Å². The van der Waals surface area contributed by atoms with Crippen molar-refractivity contribution in [2.45, 2.75) is 64.0 Å². The van der Waals surface area contributed by atoms with Gasteiger partial charge in [0.15, 0.2) is 5.82 Å². The van der Waals surface area contributed by atoms with Crippen LogP contribution in [0.1, 0.15) is 49.4 Å². The smallest absolute Gasteiger partial charge is 0.390 e. The molecular weight excluding hydrogens is 441 g/mol. The number of halogens is 5. The predicted octanol–water partition coefficient (Wildman–Crippen LogP) is 3.45. The molecule has 180 valence electrons. The summed E-state index contributed by atoms with van der Waals surface area (Å²) >= 11 is 0. The molecule has 1 amide bonds. The van der Waals surface area contributed by atoms with Gasteiger partial charge in [-0.15, -0.1) is 0 Å². The van der Waals surface area contributed by atoms with Crippen molar-refractivity contribution >= 4 is 23.9 Å². The molecule has 1 aliphatic carbocycles. The summed E-state index contributed by atoms with van der Waals surface area (Å²) in [6, 6.07) is -0.591. The van der Waals surface area contributed by atoms with Gasteiger partial charge in [-0.1, -0.05) is 0 Å². The molecule has 1 atom stereocenters. The Bertz CT molecular complexity index is 770. The minimum absolute atomic E-state index is 0.00609. The average Bonchev–Trinajstić information content (AvgIpc) is 2.71. The number of amides is 1. The second-order valence-electron chi connectivity index (χ2n) is 7.54. The van der Waals surface area contributed by atoms with Crippen molar-refractivity contribution in [1.29, 1.82) is 0 Å². The lowest BCUT2D eigenvalue weighted by atomic mass is 9.88. The van der Waals surface area contributed by atoms with E-state index in [-0.39, 0.29) is 36.0 Å². The van der Waals surface area contributed by atoms with Gasteiger partial charge in [0.1, 0.15) is 5.56 Å². The summed E-state index contributed by atoms with van der Waals surface area (Å²) in [6.07, 6.45) is -0.666. The van der Waals surface area contributed by atoms with E-state index in [4.69, 9.17) is 0 Å². The third-order valence-electron chi connectivity index (χ3n) is 4.70. The van der Waals surface area contributed by atoms with Crippen molar-refractivity contribution < 1.29 is 36.6 Å². The number of aromatic nitrogens is 2. The largest absolute Gasteiger partial charge is 0.393 e. The van der Waals surface area contributed by atoms with Gasteiger partial charge in [0.25, 0.3) is 5.91 Å². The molecular formula is C19H26F5N5O3. The van der Waals surface area contributed by atoms with Crippen LogP contribution in [0.3, 0.4) is 0 Å². The van der Waals surface area contributed by atoms with Crippen LogP contribution in [0.15, 0.2) is 11.2 Å². The number of aliphatic imine (C=N–C) groups is 1. The van der Waals surface area contributed by atoms with Crippen LogP contribution < -0.4 is 10.6 Å². The van der Waals surface area contributed by atoms with E-state index in [1.807, 2.05) is 0 Å². The molecule has 0 radical (unpaired) electrons. The van der Waals surface area contributed by atoms with Gasteiger partial charge in [-0.3, -0.25) is 4.79 Å². The zero-order valence-electron chi connectivity index (χ0n) is 17.4. The first-order valence-electron chi connectivity index (χ1n) is 10.1. The summed E-state index contributed by atoms with van der Waals surface area (Å²) in [6.45, 7) is -2.32. The summed E-state index contributed by atoms with van der Waals surface area (Å²) in [5, 5.41) is 14.5. The number of anilines is 1. The highest BCUT2D eigenvalue weighted by molar-refractivity contribution is 5.98.